The Hall–Kier alpha value is -2.17. The summed E-state index contributed by atoms with van der Waals surface area (Å²) >= 11 is 0. The van der Waals surface area contributed by atoms with Crippen molar-refractivity contribution in [2.75, 3.05) is 19.6 Å². The van der Waals surface area contributed by atoms with E-state index in [0.717, 1.165) is 63.7 Å². The molecule has 2 saturated heterocycles. The fourth-order valence-electron chi connectivity index (χ4n) is 4.71. The first kappa shape index (κ1) is 17.3. The van der Waals surface area contributed by atoms with Crippen molar-refractivity contribution in [2.45, 2.75) is 45.1 Å². The van der Waals surface area contributed by atoms with Gasteiger partial charge in [0.25, 0.3) is 0 Å². The van der Waals surface area contributed by atoms with E-state index < -0.39 is 0 Å². The predicted octanol–water partition coefficient (Wildman–Crippen LogP) is 2.78. The Morgan fingerprint density at radius 1 is 1.15 bits per heavy atom. The summed E-state index contributed by atoms with van der Waals surface area (Å²) in [5.74, 6) is 0.691. The van der Waals surface area contributed by atoms with Gasteiger partial charge in [-0.2, -0.15) is 0 Å². The van der Waals surface area contributed by atoms with Crippen LogP contribution in [0.3, 0.4) is 0 Å². The van der Waals surface area contributed by atoms with Crippen molar-refractivity contribution in [1.82, 2.24) is 14.8 Å². The molecule has 0 unspecified atom stereocenters. The van der Waals surface area contributed by atoms with E-state index in [0.29, 0.717) is 6.54 Å². The molecule has 0 bridgehead atoms. The largest absolute Gasteiger partial charge is 0.342 e. The van der Waals surface area contributed by atoms with Gasteiger partial charge in [0, 0.05) is 44.5 Å². The van der Waals surface area contributed by atoms with Crippen LogP contribution in [-0.2, 0) is 16.1 Å². The molecule has 0 radical (unpaired) electrons. The second-order valence-corrected chi connectivity index (χ2v) is 7.94. The Bertz CT molecular complexity index is 684. The summed E-state index contributed by atoms with van der Waals surface area (Å²) in [6, 6.07) is 3.94. The van der Waals surface area contributed by atoms with Crippen LogP contribution in [0.5, 0.6) is 0 Å². The number of hydrogen-bond acceptors (Lipinski definition) is 3. The molecule has 138 valence electrons. The molecule has 3 aliphatic rings. The van der Waals surface area contributed by atoms with Crippen molar-refractivity contribution in [3.05, 3.63) is 42.2 Å². The molecule has 0 aromatic carbocycles. The monoisotopic (exact) mass is 353 g/mol. The van der Waals surface area contributed by atoms with Gasteiger partial charge in [0.2, 0.25) is 11.8 Å². The number of carbonyl (C=O) groups excluding carboxylic acids is 2. The van der Waals surface area contributed by atoms with Gasteiger partial charge >= 0.3 is 0 Å². The highest BCUT2D eigenvalue weighted by atomic mass is 16.2. The van der Waals surface area contributed by atoms with Crippen LogP contribution in [0.1, 0.15) is 44.1 Å². The van der Waals surface area contributed by atoms with E-state index in [-0.39, 0.29) is 23.1 Å². The fourth-order valence-corrected chi connectivity index (χ4v) is 4.71. The lowest BCUT2D eigenvalue weighted by molar-refractivity contribution is -0.154. The van der Waals surface area contributed by atoms with Gasteiger partial charge in [-0.3, -0.25) is 14.6 Å². The molecule has 1 aromatic rings. The number of pyridine rings is 1. The molecule has 0 atom stereocenters. The van der Waals surface area contributed by atoms with E-state index in [1.165, 1.54) is 0 Å². The smallest absolute Gasteiger partial charge is 0.229 e. The summed E-state index contributed by atoms with van der Waals surface area (Å²) < 4.78 is 0. The van der Waals surface area contributed by atoms with Crippen molar-refractivity contribution in [1.29, 1.82) is 0 Å². The summed E-state index contributed by atoms with van der Waals surface area (Å²) in [5, 5.41) is 0. The fraction of sp³-hybridized carbons (Fsp3) is 0.571. The molecule has 3 heterocycles. The maximum absolute atomic E-state index is 13.2. The Balaban J connectivity index is 1.39. The molecular formula is C21H27N3O2. The molecular weight excluding hydrogens is 326 g/mol. The molecule has 2 amide bonds. The number of hydrogen-bond donors (Lipinski definition) is 0. The minimum atomic E-state index is -0.259. The minimum absolute atomic E-state index is 0.133. The van der Waals surface area contributed by atoms with Gasteiger partial charge in [-0.15, -0.1) is 0 Å². The van der Waals surface area contributed by atoms with Crippen LogP contribution < -0.4 is 0 Å². The average Bonchev–Trinajstić information content (AvgIpc) is 3.21. The lowest BCUT2D eigenvalue weighted by atomic mass is 9.71. The van der Waals surface area contributed by atoms with Crippen LogP contribution in [0.25, 0.3) is 0 Å². The van der Waals surface area contributed by atoms with Crippen LogP contribution >= 0.6 is 0 Å². The number of likely N-dealkylation sites (tertiary alicyclic amines) is 2. The van der Waals surface area contributed by atoms with Gasteiger partial charge in [0.05, 0.1) is 5.41 Å². The van der Waals surface area contributed by atoms with E-state index in [9.17, 15) is 9.59 Å². The molecule has 4 rings (SSSR count). The first-order chi connectivity index (χ1) is 12.7. The summed E-state index contributed by atoms with van der Waals surface area (Å²) in [7, 11) is 0. The molecule has 0 saturated carbocycles. The van der Waals surface area contributed by atoms with Crippen molar-refractivity contribution in [2.24, 2.45) is 11.3 Å². The maximum Gasteiger partial charge on any atom is 0.229 e. The third-order valence-corrected chi connectivity index (χ3v) is 6.31. The normalized spacial score (nSPS) is 23.0. The van der Waals surface area contributed by atoms with Crippen LogP contribution in [0.4, 0.5) is 0 Å². The topological polar surface area (TPSA) is 53.5 Å². The maximum atomic E-state index is 13.2. The summed E-state index contributed by atoms with van der Waals surface area (Å²) in [5.41, 5.74) is 0.824. The van der Waals surface area contributed by atoms with Crippen LogP contribution in [0.15, 0.2) is 36.7 Å². The highest BCUT2D eigenvalue weighted by Gasteiger charge is 2.46. The van der Waals surface area contributed by atoms with Gasteiger partial charge in [-0.25, -0.2) is 0 Å². The minimum Gasteiger partial charge on any atom is -0.342 e. The summed E-state index contributed by atoms with van der Waals surface area (Å²) in [6.45, 7) is 2.92. The van der Waals surface area contributed by atoms with Gasteiger partial charge < -0.3 is 9.80 Å². The number of piperidine rings is 2. The van der Waals surface area contributed by atoms with Crippen LogP contribution in [-0.4, -0.2) is 46.2 Å². The van der Waals surface area contributed by atoms with Crippen LogP contribution in [0.2, 0.25) is 0 Å². The number of carbonyl (C=O) groups is 2. The van der Waals surface area contributed by atoms with Crippen molar-refractivity contribution >= 4 is 11.8 Å². The van der Waals surface area contributed by atoms with Gasteiger partial charge in [0.1, 0.15) is 0 Å². The second kappa shape index (κ2) is 7.22. The SMILES string of the molecule is O=C(C1CC=CC1)N1CCC2(CCCN(Cc3cccnc3)C2=O)CC1. The van der Waals surface area contributed by atoms with E-state index in [4.69, 9.17) is 0 Å². The zero-order valence-corrected chi connectivity index (χ0v) is 15.3. The van der Waals surface area contributed by atoms with E-state index in [1.807, 2.05) is 28.1 Å². The van der Waals surface area contributed by atoms with Crippen molar-refractivity contribution in [3.63, 3.8) is 0 Å². The molecule has 2 fully saturated rings. The van der Waals surface area contributed by atoms with Crippen molar-refractivity contribution in [3.8, 4) is 0 Å². The Morgan fingerprint density at radius 2 is 1.92 bits per heavy atom. The number of amides is 2. The summed E-state index contributed by atoms with van der Waals surface area (Å²) in [4.78, 5) is 34.0. The van der Waals surface area contributed by atoms with Crippen molar-refractivity contribution < 1.29 is 9.59 Å². The molecule has 1 aliphatic carbocycles. The van der Waals surface area contributed by atoms with Gasteiger partial charge in [-0.1, -0.05) is 18.2 Å². The number of nitrogens with zero attached hydrogens (tertiary/aromatic N) is 3. The zero-order valence-electron chi connectivity index (χ0n) is 15.3. The van der Waals surface area contributed by atoms with Crippen LogP contribution in [0, 0.1) is 11.3 Å². The van der Waals surface area contributed by atoms with Gasteiger partial charge in [-0.05, 0) is 50.2 Å². The third kappa shape index (κ3) is 3.27. The van der Waals surface area contributed by atoms with E-state index >= 15 is 0 Å². The first-order valence-electron chi connectivity index (χ1n) is 9.80. The lowest BCUT2D eigenvalue weighted by Crippen LogP contribution is -2.54. The Morgan fingerprint density at radius 3 is 2.62 bits per heavy atom. The second-order valence-electron chi connectivity index (χ2n) is 7.94. The number of rotatable bonds is 3. The molecule has 2 aliphatic heterocycles. The predicted molar refractivity (Wildman–Crippen MR) is 99.0 cm³/mol. The number of aromatic nitrogens is 1. The third-order valence-electron chi connectivity index (χ3n) is 6.31. The molecule has 1 spiro atoms. The molecule has 5 nitrogen and oxygen atoms in total. The van der Waals surface area contributed by atoms with E-state index in [1.54, 1.807) is 6.20 Å². The zero-order chi connectivity index (χ0) is 18.0. The Labute approximate surface area is 155 Å². The lowest BCUT2D eigenvalue weighted by Gasteiger charge is -2.46. The first-order valence-corrected chi connectivity index (χ1v) is 9.80. The molecule has 1 aromatic heterocycles. The summed E-state index contributed by atoms with van der Waals surface area (Å²) in [6.07, 6.45) is 13.2. The Kier molecular flexibility index (Phi) is 4.79. The highest BCUT2D eigenvalue weighted by molar-refractivity contribution is 5.84. The van der Waals surface area contributed by atoms with Gasteiger partial charge in [0.15, 0.2) is 0 Å². The molecule has 0 N–H and O–H groups in total. The number of allylic oxidation sites excluding steroid dienone is 2. The molecule has 5 heteroatoms. The standard InChI is InChI=1S/C21H27N3O2/c25-19(18-6-1-2-7-18)23-13-9-21(10-14-23)8-4-12-24(20(21)26)16-17-5-3-11-22-15-17/h1-3,5,11,15,18H,4,6-10,12-14,16H2. The molecule has 26 heavy (non-hydrogen) atoms. The van der Waals surface area contributed by atoms with E-state index in [2.05, 4.69) is 17.1 Å². The highest BCUT2D eigenvalue weighted by Crippen LogP contribution is 2.41. The quantitative estimate of drug-likeness (QED) is 0.785. The average molecular weight is 353 g/mol.